The Bertz CT molecular complexity index is 809. The van der Waals surface area contributed by atoms with Crippen molar-refractivity contribution in [3.63, 3.8) is 0 Å². The van der Waals surface area contributed by atoms with Crippen LogP contribution in [0.3, 0.4) is 0 Å². The number of likely N-dealkylation sites (tertiary alicyclic amines) is 1. The van der Waals surface area contributed by atoms with Crippen LogP contribution in [0.25, 0.3) is 0 Å². The minimum absolute atomic E-state index is 0. The van der Waals surface area contributed by atoms with Gasteiger partial charge in [-0.1, -0.05) is 0 Å². The number of carbonyl (C=O) groups excluding carboxylic acids is 2. The molecule has 0 atom stereocenters. The third-order valence-electron chi connectivity index (χ3n) is 4.87. The highest BCUT2D eigenvalue weighted by molar-refractivity contribution is 6.26. The summed E-state index contributed by atoms with van der Waals surface area (Å²) in [4.78, 5) is 36.2. The molecular formula is C19H28N4O8. The van der Waals surface area contributed by atoms with Crippen LogP contribution in [-0.4, -0.2) is 86.2 Å². The van der Waals surface area contributed by atoms with E-state index in [0.29, 0.717) is 17.3 Å². The maximum Gasteiger partial charge on any atom is 0.351 e. The SMILES string of the molecule is COc1ccc(C2=NCC(=O)N(C3CC[NH+](C)CC3)N2)cc1OC.O.O=C([O-])C(=O)O. The van der Waals surface area contributed by atoms with Gasteiger partial charge in [-0.2, -0.15) is 0 Å². The second-order valence-electron chi connectivity index (χ2n) is 6.89. The van der Waals surface area contributed by atoms with Crippen molar-refractivity contribution in [3.8, 4) is 11.5 Å². The van der Waals surface area contributed by atoms with E-state index in [9.17, 15) is 4.79 Å². The molecule has 0 spiro atoms. The number of amides is 1. The fourth-order valence-electron chi connectivity index (χ4n) is 3.22. The lowest BCUT2D eigenvalue weighted by atomic mass is 10.0. The Balaban J connectivity index is 0.000000607. The first kappa shape index (κ1) is 25.7. The summed E-state index contributed by atoms with van der Waals surface area (Å²) < 4.78 is 10.6. The molecule has 12 nitrogen and oxygen atoms in total. The van der Waals surface area contributed by atoms with Crippen LogP contribution >= 0.6 is 0 Å². The number of quaternary nitrogens is 1. The van der Waals surface area contributed by atoms with Crippen molar-refractivity contribution in [1.29, 1.82) is 0 Å². The van der Waals surface area contributed by atoms with Gasteiger partial charge in [0.2, 0.25) is 0 Å². The molecule has 2 heterocycles. The first-order chi connectivity index (χ1) is 14.3. The zero-order valence-electron chi connectivity index (χ0n) is 17.6. The molecule has 172 valence electrons. The Kier molecular flexibility index (Phi) is 9.70. The maximum atomic E-state index is 12.3. The molecule has 1 fully saturated rings. The number of nitrogens with zero attached hydrogens (tertiary/aromatic N) is 2. The molecular weight excluding hydrogens is 412 g/mol. The van der Waals surface area contributed by atoms with Gasteiger partial charge in [0.15, 0.2) is 17.5 Å². The normalized spacial score (nSPS) is 20.2. The summed E-state index contributed by atoms with van der Waals surface area (Å²) in [6, 6.07) is 5.86. The number of hydrazine groups is 1. The van der Waals surface area contributed by atoms with Crippen LogP contribution in [0, 0.1) is 0 Å². The molecule has 0 aromatic heterocycles. The third-order valence-corrected chi connectivity index (χ3v) is 4.87. The number of hydrogen-bond acceptors (Lipinski definition) is 8. The fraction of sp³-hybridized carbons (Fsp3) is 0.474. The molecule has 2 aliphatic heterocycles. The van der Waals surface area contributed by atoms with Crippen LogP contribution in [0.2, 0.25) is 0 Å². The van der Waals surface area contributed by atoms with E-state index in [0.717, 1.165) is 31.5 Å². The standard InChI is InChI=1S/C17H24N4O3.C2H2O4.H2O/c1-20-8-6-13(7-9-20)21-16(22)11-18-17(19-21)12-4-5-14(23-2)15(10-12)24-3;3-1(4)2(5)6;/h4-5,10,13H,6-9,11H2,1-3H3,(H,18,19);(H,3,4)(H,5,6);1H2. The summed E-state index contributed by atoms with van der Waals surface area (Å²) in [6.07, 6.45) is 2.01. The summed E-state index contributed by atoms with van der Waals surface area (Å²) in [7, 11) is 5.41. The summed E-state index contributed by atoms with van der Waals surface area (Å²) >= 11 is 0. The number of nitrogens with one attached hydrogen (secondary N) is 2. The molecule has 5 N–H and O–H groups in total. The minimum Gasteiger partial charge on any atom is -0.539 e. The van der Waals surface area contributed by atoms with Crippen molar-refractivity contribution in [2.45, 2.75) is 18.9 Å². The topological polar surface area (TPSA) is 177 Å². The molecule has 3 rings (SSSR count). The zero-order valence-corrected chi connectivity index (χ0v) is 17.6. The number of aliphatic carboxylic acids is 2. The number of carbonyl (C=O) groups is 3. The number of aliphatic imine (C=N–C) groups is 1. The van der Waals surface area contributed by atoms with Crippen LogP contribution in [0.5, 0.6) is 11.5 Å². The molecule has 0 unspecified atom stereocenters. The van der Waals surface area contributed by atoms with Gasteiger partial charge in [-0.25, -0.2) is 9.80 Å². The Labute approximate surface area is 179 Å². The first-order valence-electron chi connectivity index (χ1n) is 9.38. The van der Waals surface area contributed by atoms with Gasteiger partial charge in [0.25, 0.3) is 5.91 Å². The van der Waals surface area contributed by atoms with Crippen molar-refractivity contribution < 1.29 is 44.4 Å². The summed E-state index contributed by atoms with van der Waals surface area (Å²) in [5.74, 6) is -1.97. The first-order valence-corrected chi connectivity index (χ1v) is 9.38. The Morgan fingerprint density at radius 2 is 1.81 bits per heavy atom. The molecule has 1 amide bonds. The lowest BCUT2D eigenvalue weighted by Gasteiger charge is -2.38. The summed E-state index contributed by atoms with van der Waals surface area (Å²) in [5, 5.41) is 18.1. The summed E-state index contributed by atoms with van der Waals surface area (Å²) in [5.41, 5.74) is 4.10. The van der Waals surface area contributed by atoms with Crippen molar-refractivity contribution in [2.24, 2.45) is 4.99 Å². The van der Waals surface area contributed by atoms with Crippen LogP contribution in [0.4, 0.5) is 0 Å². The molecule has 2 aliphatic rings. The Hall–Kier alpha value is -3.38. The van der Waals surface area contributed by atoms with Gasteiger partial charge < -0.3 is 34.9 Å². The van der Waals surface area contributed by atoms with Crippen LogP contribution < -0.4 is 24.9 Å². The highest BCUT2D eigenvalue weighted by Gasteiger charge is 2.31. The number of benzene rings is 1. The van der Waals surface area contributed by atoms with E-state index >= 15 is 0 Å². The quantitative estimate of drug-likeness (QED) is 0.403. The van der Waals surface area contributed by atoms with Gasteiger partial charge in [0.05, 0.1) is 40.4 Å². The van der Waals surface area contributed by atoms with Gasteiger partial charge in [0.1, 0.15) is 12.4 Å². The van der Waals surface area contributed by atoms with E-state index in [-0.39, 0.29) is 24.0 Å². The predicted octanol–water partition coefficient (Wildman–Crippen LogP) is -3.53. The number of amidine groups is 1. The van der Waals surface area contributed by atoms with E-state index in [1.54, 1.807) is 19.2 Å². The van der Waals surface area contributed by atoms with Crippen molar-refractivity contribution in [3.05, 3.63) is 23.8 Å². The number of piperidine rings is 1. The average molecular weight is 440 g/mol. The van der Waals surface area contributed by atoms with E-state index in [1.165, 1.54) is 4.90 Å². The molecule has 1 aromatic rings. The van der Waals surface area contributed by atoms with E-state index < -0.39 is 11.9 Å². The average Bonchev–Trinajstić information content (AvgIpc) is 2.74. The largest absolute Gasteiger partial charge is 0.539 e. The monoisotopic (exact) mass is 440 g/mol. The van der Waals surface area contributed by atoms with Gasteiger partial charge >= 0.3 is 5.97 Å². The lowest BCUT2D eigenvalue weighted by Crippen LogP contribution is -3.10. The number of carboxylic acids is 2. The molecule has 1 saturated heterocycles. The van der Waals surface area contributed by atoms with E-state index in [4.69, 9.17) is 29.3 Å². The second kappa shape index (κ2) is 11.7. The van der Waals surface area contributed by atoms with E-state index in [2.05, 4.69) is 17.5 Å². The number of carboxylic acid groups (broad SMARTS) is 2. The van der Waals surface area contributed by atoms with Crippen LogP contribution in [0.15, 0.2) is 23.2 Å². The zero-order chi connectivity index (χ0) is 22.3. The van der Waals surface area contributed by atoms with E-state index in [1.807, 2.05) is 18.2 Å². The fourth-order valence-corrected chi connectivity index (χ4v) is 3.22. The molecule has 0 saturated carbocycles. The van der Waals surface area contributed by atoms with Gasteiger partial charge in [0, 0.05) is 18.4 Å². The second-order valence-corrected chi connectivity index (χ2v) is 6.89. The van der Waals surface area contributed by atoms with Crippen LogP contribution in [-0.2, 0) is 14.4 Å². The number of hydrogen-bond donors (Lipinski definition) is 3. The Morgan fingerprint density at radius 3 is 2.32 bits per heavy atom. The molecule has 12 heteroatoms. The van der Waals surface area contributed by atoms with Crippen LogP contribution in [0.1, 0.15) is 18.4 Å². The smallest absolute Gasteiger partial charge is 0.351 e. The molecule has 0 aliphatic carbocycles. The number of rotatable bonds is 4. The minimum atomic E-state index is -2.07. The third kappa shape index (κ3) is 6.83. The molecule has 0 bridgehead atoms. The number of methoxy groups -OCH3 is 2. The molecule has 0 radical (unpaired) electrons. The van der Waals surface area contributed by atoms with Crippen molar-refractivity contribution in [1.82, 2.24) is 10.4 Å². The molecule has 1 aromatic carbocycles. The summed E-state index contributed by atoms with van der Waals surface area (Å²) in [6.45, 7) is 2.34. The van der Waals surface area contributed by atoms with Gasteiger partial charge in [-0.15, -0.1) is 0 Å². The maximum absolute atomic E-state index is 12.3. The Morgan fingerprint density at radius 1 is 1.23 bits per heavy atom. The van der Waals surface area contributed by atoms with Gasteiger partial charge in [-0.05, 0) is 18.2 Å². The predicted molar refractivity (Wildman–Crippen MR) is 107 cm³/mol. The van der Waals surface area contributed by atoms with Crippen molar-refractivity contribution >= 4 is 23.7 Å². The van der Waals surface area contributed by atoms with Gasteiger partial charge in [-0.3, -0.25) is 15.2 Å². The highest BCUT2D eigenvalue weighted by Crippen LogP contribution is 2.28. The molecule has 31 heavy (non-hydrogen) atoms. The van der Waals surface area contributed by atoms with Crippen molar-refractivity contribution in [2.75, 3.05) is 40.9 Å². The lowest BCUT2D eigenvalue weighted by molar-refractivity contribution is -0.885. The highest BCUT2D eigenvalue weighted by atomic mass is 16.5. The number of ether oxygens (including phenoxy) is 2.